The highest BCUT2D eigenvalue weighted by molar-refractivity contribution is 7.05. The standard InChI is InChI=1S/C9H17N5OS/c1-6(5-15-3)12-9(10)11-4-8-7(2)13-14-16-8/h6H,4-5H2,1-3H3,(H3,10,11,12). The SMILES string of the molecule is COCC(C)NC(N)=NCc1snnc1C. The molecule has 0 aliphatic heterocycles. The molecule has 0 radical (unpaired) electrons. The van der Waals surface area contributed by atoms with Crippen molar-refractivity contribution in [3.8, 4) is 0 Å². The Balaban J connectivity index is 2.42. The van der Waals surface area contributed by atoms with Gasteiger partial charge in [0.1, 0.15) is 0 Å². The molecule has 0 saturated carbocycles. The number of aromatic nitrogens is 2. The zero-order valence-electron chi connectivity index (χ0n) is 9.73. The third kappa shape index (κ3) is 4.11. The summed E-state index contributed by atoms with van der Waals surface area (Å²) in [6, 6.07) is 0.148. The van der Waals surface area contributed by atoms with E-state index in [1.165, 1.54) is 11.5 Å². The highest BCUT2D eigenvalue weighted by Gasteiger charge is 2.04. The van der Waals surface area contributed by atoms with Gasteiger partial charge in [-0.05, 0) is 25.4 Å². The molecule has 0 aliphatic rings. The number of hydrogen-bond donors (Lipinski definition) is 2. The summed E-state index contributed by atoms with van der Waals surface area (Å²) < 4.78 is 8.81. The van der Waals surface area contributed by atoms with Gasteiger partial charge in [-0.1, -0.05) is 4.49 Å². The number of methoxy groups -OCH3 is 1. The molecule has 0 amide bonds. The van der Waals surface area contributed by atoms with Gasteiger partial charge >= 0.3 is 0 Å². The summed E-state index contributed by atoms with van der Waals surface area (Å²) >= 11 is 1.34. The van der Waals surface area contributed by atoms with Crippen LogP contribution in [0.4, 0.5) is 0 Å². The zero-order chi connectivity index (χ0) is 12.0. The molecule has 16 heavy (non-hydrogen) atoms. The molecule has 1 heterocycles. The van der Waals surface area contributed by atoms with E-state index >= 15 is 0 Å². The summed E-state index contributed by atoms with van der Waals surface area (Å²) in [6.07, 6.45) is 0. The number of nitrogens with one attached hydrogen (secondary N) is 1. The molecule has 0 spiro atoms. The smallest absolute Gasteiger partial charge is 0.189 e. The van der Waals surface area contributed by atoms with Gasteiger partial charge in [-0.25, -0.2) is 4.99 Å². The van der Waals surface area contributed by atoms with Crippen molar-refractivity contribution in [1.82, 2.24) is 14.9 Å². The number of nitrogens with zero attached hydrogens (tertiary/aromatic N) is 3. The fourth-order valence-corrected chi connectivity index (χ4v) is 1.70. The molecule has 1 aromatic rings. The average molecular weight is 243 g/mol. The van der Waals surface area contributed by atoms with Crippen LogP contribution in [0.5, 0.6) is 0 Å². The van der Waals surface area contributed by atoms with Crippen LogP contribution in [0.3, 0.4) is 0 Å². The molecule has 0 bridgehead atoms. The Morgan fingerprint density at radius 2 is 2.44 bits per heavy atom. The largest absolute Gasteiger partial charge is 0.383 e. The minimum absolute atomic E-state index is 0.148. The molecule has 90 valence electrons. The van der Waals surface area contributed by atoms with E-state index in [-0.39, 0.29) is 6.04 Å². The quantitative estimate of drug-likeness (QED) is 0.573. The first-order chi connectivity index (χ1) is 7.63. The second kappa shape index (κ2) is 6.39. The zero-order valence-corrected chi connectivity index (χ0v) is 10.5. The Hall–Kier alpha value is -1.21. The minimum Gasteiger partial charge on any atom is -0.383 e. The van der Waals surface area contributed by atoms with Crippen LogP contribution in [0.25, 0.3) is 0 Å². The topological polar surface area (TPSA) is 85.4 Å². The predicted molar refractivity (Wildman–Crippen MR) is 64.4 cm³/mol. The van der Waals surface area contributed by atoms with E-state index in [0.29, 0.717) is 19.1 Å². The first kappa shape index (κ1) is 12.9. The van der Waals surface area contributed by atoms with E-state index in [2.05, 4.69) is 19.9 Å². The van der Waals surface area contributed by atoms with Crippen LogP contribution < -0.4 is 11.1 Å². The van der Waals surface area contributed by atoms with Crippen LogP contribution in [0.1, 0.15) is 17.5 Å². The van der Waals surface area contributed by atoms with Gasteiger partial charge in [0.25, 0.3) is 0 Å². The number of nitrogens with two attached hydrogens (primary N) is 1. The number of ether oxygens (including phenoxy) is 1. The van der Waals surface area contributed by atoms with E-state index in [4.69, 9.17) is 10.5 Å². The molecule has 0 fully saturated rings. The highest BCUT2D eigenvalue weighted by Crippen LogP contribution is 2.09. The van der Waals surface area contributed by atoms with Crippen molar-refractivity contribution in [2.45, 2.75) is 26.4 Å². The number of aryl methyl sites for hydroxylation is 1. The van der Waals surface area contributed by atoms with Crippen LogP contribution >= 0.6 is 11.5 Å². The lowest BCUT2D eigenvalue weighted by Crippen LogP contribution is -2.40. The Labute approximate surface area is 99.1 Å². The molecule has 1 atom stereocenters. The third-order valence-electron chi connectivity index (χ3n) is 1.95. The highest BCUT2D eigenvalue weighted by atomic mass is 32.1. The number of guanidine groups is 1. The molecule has 1 aromatic heterocycles. The van der Waals surface area contributed by atoms with Crippen LogP contribution in [0, 0.1) is 6.92 Å². The Morgan fingerprint density at radius 3 is 3.00 bits per heavy atom. The van der Waals surface area contributed by atoms with Crippen molar-refractivity contribution >= 4 is 17.5 Å². The number of aliphatic imine (C=N–C) groups is 1. The van der Waals surface area contributed by atoms with E-state index < -0.39 is 0 Å². The van der Waals surface area contributed by atoms with Crippen molar-refractivity contribution in [3.05, 3.63) is 10.6 Å². The second-order valence-corrected chi connectivity index (χ2v) is 4.32. The molecule has 6 nitrogen and oxygen atoms in total. The van der Waals surface area contributed by atoms with E-state index in [1.54, 1.807) is 7.11 Å². The molecular weight excluding hydrogens is 226 g/mol. The van der Waals surface area contributed by atoms with Crippen LogP contribution in [0.15, 0.2) is 4.99 Å². The normalized spacial score (nSPS) is 13.8. The number of hydrogen-bond acceptors (Lipinski definition) is 5. The lowest BCUT2D eigenvalue weighted by atomic mass is 10.4. The fraction of sp³-hybridized carbons (Fsp3) is 0.667. The van der Waals surface area contributed by atoms with Gasteiger partial charge in [-0.3, -0.25) is 0 Å². The molecule has 0 aliphatic carbocycles. The van der Waals surface area contributed by atoms with Crippen molar-refractivity contribution in [2.75, 3.05) is 13.7 Å². The maximum absolute atomic E-state index is 5.72. The van der Waals surface area contributed by atoms with Crippen LogP contribution in [-0.4, -0.2) is 35.3 Å². The molecule has 7 heteroatoms. The summed E-state index contributed by atoms with van der Waals surface area (Å²) in [4.78, 5) is 5.24. The van der Waals surface area contributed by atoms with Crippen LogP contribution in [0.2, 0.25) is 0 Å². The minimum atomic E-state index is 0.148. The molecule has 1 rings (SSSR count). The summed E-state index contributed by atoms with van der Waals surface area (Å²) in [6.45, 7) is 5.00. The second-order valence-electron chi connectivity index (χ2n) is 3.48. The fourth-order valence-electron chi connectivity index (χ4n) is 1.14. The van der Waals surface area contributed by atoms with E-state index in [1.807, 2.05) is 13.8 Å². The summed E-state index contributed by atoms with van der Waals surface area (Å²) in [7, 11) is 1.65. The summed E-state index contributed by atoms with van der Waals surface area (Å²) in [5, 5.41) is 6.93. The third-order valence-corrected chi connectivity index (χ3v) is 2.76. The van der Waals surface area contributed by atoms with Crippen molar-refractivity contribution < 1.29 is 4.74 Å². The number of rotatable bonds is 5. The summed E-state index contributed by atoms with van der Waals surface area (Å²) in [5.41, 5.74) is 6.63. The molecule has 0 saturated heterocycles. The molecule has 3 N–H and O–H groups in total. The van der Waals surface area contributed by atoms with E-state index in [0.717, 1.165) is 10.6 Å². The van der Waals surface area contributed by atoms with Gasteiger partial charge in [-0.2, -0.15) is 0 Å². The average Bonchev–Trinajstić information content (AvgIpc) is 2.61. The van der Waals surface area contributed by atoms with Crippen molar-refractivity contribution in [1.29, 1.82) is 0 Å². The van der Waals surface area contributed by atoms with Gasteiger partial charge in [0.05, 0.1) is 23.7 Å². The first-order valence-corrected chi connectivity index (χ1v) is 5.74. The maximum Gasteiger partial charge on any atom is 0.189 e. The Bertz CT molecular complexity index is 351. The monoisotopic (exact) mass is 243 g/mol. The van der Waals surface area contributed by atoms with Gasteiger partial charge in [-0.15, -0.1) is 5.10 Å². The van der Waals surface area contributed by atoms with Crippen LogP contribution in [-0.2, 0) is 11.3 Å². The van der Waals surface area contributed by atoms with Crippen molar-refractivity contribution in [3.63, 3.8) is 0 Å². The summed E-state index contributed by atoms with van der Waals surface area (Å²) in [5.74, 6) is 0.414. The van der Waals surface area contributed by atoms with Gasteiger partial charge in [0.2, 0.25) is 0 Å². The first-order valence-electron chi connectivity index (χ1n) is 4.96. The molecule has 0 aromatic carbocycles. The maximum atomic E-state index is 5.72. The lowest BCUT2D eigenvalue weighted by molar-refractivity contribution is 0.179. The predicted octanol–water partition coefficient (Wildman–Crippen LogP) is 0.286. The van der Waals surface area contributed by atoms with Gasteiger partial charge in [0.15, 0.2) is 5.96 Å². The Morgan fingerprint density at radius 1 is 1.69 bits per heavy atom. The van der Waals surface area contributed by atoms with Gasteiger partial charge in [0, 0.05) is 13.2 Å². The van der Waals surface area contributed by atoms with Gasteiger partial charge < -0.3 is 15.8 Å². The molecular formula is C9H17N5OS. The van der Waals surface area contributed by atoms with Crippen molar-refractivity contribution in [2.24, 2.45) is 10.7 Å². The lowest BCUT2D eigenvalue weighted by Gasteiger charge is -2.12. The Kier molecular flexibility index (Phi) is 5.13. The van der Waals surface area contributed by atoms with E-state index in [9.17, 15) is 0 Å². The molecule has 1 unspecified atom stereocenters.